The lowest BCUT2D eigenvalue weighted by molar-refractivity contribution is -0.384. The molecule has 0 spiro atoms. The maximum absolute atomic E-state index is 11.3. The Bertz CT molecular complexity index is 656. The molecule has 2 aromatic rings. The number of ether oxygens (including phenoxy) is 1. The fourth-order valence-corrected chi connectivity index (χ4v) is 1.75. The van der Waals surface area contributed by atoms with Gasteiger partial charge in [0.15, 0.2) is 0 Å². The van der Waals surface area contributed by atoms with E-state index in [2.05, 4.69) is 15.0 Å². The second-order valence-corrected chi connectivity index (χ2v) is 4.19. The van der Waals surface area contributed by atoms with E-state index >= 15 is 0 Å². The zero-order valence-electron chi connectivity index (χ0n) is 11.3. The van der Waals surface area contributed by atoms with Gasteiger partial charge in [-0.05, 0) is 23.8 Å². The van der Waals surface area contributed by atoms with Crippen molar-refractivity contribution in [1.29, 1.82) is 0 Å². The first-order valence-corrected chi connectivity index (χ1v) is 6.11. The number of methoxy groups -OCH3 is 1. The van der Waals surface area contributed by atoms with Crippen LogP contribution in [0.25, 0.3) is 0 Å². The summed E-state index contributed by atoms with van der Waals surface area (Å²) in [6, 6.07) is 8.34. The molecule has 7 heteroatoms. The molecule has 0 aliphatic carbocycles. The number of anilines is 1. The average molecular weight is 287 g/mol. The summed E-state index contributed by atoms with van der Waals surface area (Å²) < 4.78 is 4.61. The first-order chi connectivity index (χ1) is 10.1. The number of pyridine rings is 1. The molecular weight excluding hydrogens is 274 g/mol. The number of hydrogen-bond acceptors (Lipinski definition) is 6. The van der Waals surface area contributed by atoms with E-state index in [4.69, 9.17) is 0 Å². The third kappa shape index (κ3) is 3.53. The SMILES string of the molecule is COC(=O)c1ccc(CNc2ccncc2[N+](=O)[O-])cc1. The number of esters is 1. The first-order valence-electron chi connectivity index (χ1n) is 6.11. The Morgan fingerprint density at radius 3 is 2.67 bits per heavy atom. The largest absolute Gasteiger partial charge is 0.465 e. The molecule has 0 amide bonds. The van der Waals surface area contributed by atoms with Crippen molar-refractivity contribution in [3.8, 4) is 0 Å². The molecule has 7 nitrogen and oxygen atoms in total. The highest BCUT2D eigenvalue weighted by molar-refractivity contribution is 5.89. The molecule has 1 N–H and O–H groups in total. The Morgan fingerprint density at radius 1 is 1.33 bits per heavy atom. The minimum Gasteiger partial charge on any atom is -0.465 e. The summed E-state index contributed by atoms with van der Waals surface area (Å²) in [6.07, 6.45) is 2.68. The maximum Gasteiger partial charge on any atom is 0.337 e. The molecule has 1 heterocycles. The fraction of sp³-hybridized carbons (Fsp3) is 0.143. The standard InChI is InChI=1S/C14H13N3O4/c1-21-14(18)11-4-2-10(3-5-11)8-16-12-6-7-15-9-13(12)17(19)20/h2-7,9H,8H2,1H3,(H,15,16). The quantitative estimate of drug-likeness (QED) is 0.515. The van der Waals surface area contributed by atoms with Gasteiger partial charge in [-0.25, -0.2) is 4.79 Å². The van der Waals surface area contributed by atoms with Gasteiger partial charge in [-0.15, -0.1) is 0 Å². The van der Waals surface area contributed by atoms with Crippen molar-refractivity contribution < 1.29 is 14.5 Å². The van der Waals surface area contributed by atoms with Crippen LogP contribution in [0.1, 0.15) is 15.9 Å². The van der Waals surface area contributed by atoms with Crippen LogP contribution in [0.2, 0.25) is 0 Å². The molecule has 0 aliphatic heterocycles. The highest BCUT2D eigenvalue weighted by atomic mass is 16.6. The smallest absolute Gasteiger partial charge is 0.337 e. The summed E-state index contributed by atoms with van der Waals surface area (Å²) in [5.74, 6) is -0.403. The van der Waals surface area contributed by atoms with E-state index in [1.165, 1.54) is 19.5 Å². The summed E-state index contributed by atoms with van der Waals surface area (Å²) >= 11 is 0. The summed E-state index contributed by atoms with van der Waals surface area (Å²) in [5.41, 5.74) is 1.65. The van der Waals surface area contributed by atoms with Gasteiger partial charge in [-0.2, -0.15) is 0 Å². The van der Waals surface area contributed by atoms with Gasteiger partial charge >= 0.3 is 11.7 Å². The van der Waals surface area contributed by atoms with Gasteiger partial charge in [0.1, 0.15) is 11.9 Å². The number of aromatic nitrogens is 1. The van der Waals surface area contributed by atoms with E-state index in [-0.39, 0.29) is 5.69 Å². The van der Waals surface area contributed by atoms with Crippen LogP contribution in [0, 0.1) is 10.1 Å². The minimum absolute atomic E-state index is 0.0799. The lowest BCUT2D eigenvalue weighted by atomic mass is 10.1. The number of rotatable bonds is 5. The van der Waals surface area contributed by atoms with Gasteiger partial charge < -0.3 is 10.1 Å². The second kappa shape index (κ2) is 6.47. The summed E-state index contributed by atoms with van der Waals surface area (Å²) in [6.45, 7) is 0.395. The van der Waals surface area contributed by atoms with Crippen molar-refractivity contribution in [2.24, 2.45) is 0 Å². The number of hydrogen-bond donors (Lipinski definition) is 1. The Balaban J connectivity index is 2.07. The number of carbonyl (C=O) groups is 1. The zero-order valence-corrected chi connectivity index (χ0v) is 11.3. The van der Waals surface area contributed by atoms with Crippen LogP contribution < -0.4 is 5.32 Å². The number of nitro groups is 1. The lowest BCUT2D eigenvalue weighted by Crippen LogP contribution is -2.04. The number of benzene rings is 1. The number of nitrogens with zero attached hydrogens (tertiary/aromatic N) is 2. The third-order valence-corrected chi connectivity index (χ3v) is 2.85. The average Bonchev–Trinajstić information content (AvgIpc) is 2.52. The second-order valence-electron chi connectivity index (χ2n) is 4.19. The van der Waals surface area contributed by atoms with E-state index in [1.807, 2.05) is 0 Å². The highest BCUT2D eigenvalue weighted by Crippen LogP contribution is 2.22. The van der Waals surface area contributed by atoms with Crippen LogP contribution in [0.3, 0.4) is 0 Å². The summed E-state index contributed by atoms with van der Waals surface area (Å²) in [5, 5.41) is 13.8. The van der Waals surface area contributed by atoms with Crippen molar-refractivity contribution in [2.45, 2.75) is 6.54 Å². The van der Waals surface area contributed by atoms with Crippen molar-refractivity contribution in [3.05, 3.63) is 64.0 Å². The summed E-state index contributed by atoms with van der Waals surface area (Å²) in [7, 11) is 1.32. The van der Waals surface area contributed by atoms with Gasteiger partial charge in [-0.1, -0.05) is 12.1 Å². The molecule has 108 valence electrons. The molecule has 1 aromatic heterocycles. The Labute approximate surface area is 120 Å². The van der Waals surface area contributed by atoms with Crippen LogP contribution in [-0.4, -0.2) is 23.0 Å². The number of carbonyl (C=O) groups excluding carboxylic acids is 1. The monoisotopic (exact) mass is 287 g/mol. The van der Waals surface area contributed by atoms with Crippen molar-refractivity contribution in [2.75, 3.05) is 12.4 Å². The van der Waals surface area contributed by atoms with Crippen molar-refractivity contribution >= 4 is 17.3 Å². The predicted molar refractivity (Wildman–Crippen MR) is 76.0 cm³/mol. The van der Waals surface area contributed by atoms with Gasteiger partial charge in [-0.3, -0.25) is 15.1 Å². The maximum atomic E-state index is 11.3. The highest BCUT2D eigenvalue weighted by Gasteiger charge is 2.12. The molecular formula is C14H13N3O4. The molecule has 0 atom stereocenters. The minimum atomic E-state index is -0.490. The van der Waals surface area contributed by atoms with Crippen LogP contribution in [-0.2, 0) is 11.3 Å². The normalized spacial score (nSPS) is 9.95. The van der Waals surface area contributed by atoms with Crippen LogP contribution in [0.15, 0.2) is 42.7 Å². The molecule has 1 aromatic carbocycles. The fourth-order valence-electron chi connectivity index (χ4n) is 1.75. The van der Waals surface area contributed by atoms with Crippen LogP contribution in [0.4, 0.5) is 11.4 Å². The molecule has 0 saturated carbocycles. The molecule has 0 radical (unpaired) electrons. The molecule has 0 saturated heterocycles. The molecule has 0 aliphatic rings. The van der Waals surface area contributed by atoms with E-state index < -0.39 is 10.9 Å². The molecule has 0 bridgehead atoms. The van der Waals surface area contributed by atoms with E-state index in [1.54, 1.807) is 30.3 Å². The van der Waals surface area contributed by atoms with Crippen molar-refractivity contribution in [1.82, 2.24) is 4.98 Å². The van der Waals surface area contributed by atoms with E-state index in [0.717, 1.165) is 5.56 Å². The Morgan fingerprint density at radius 2 is 2.05 bits per heavy atom. The third-order valence-electron chi connectivity index (χ3n) is 2.85. The van der Waals surface area contributed by atoms with Crippen LogP contribution in [0.5, 0.6) is 0 Å². The first kappa shape index (κ1) is 14.4. The van der Waals surface area contributed by atoms with E-state index in [9.17, 15) is 14.9 Å². The Hall–Kier alpha value is -2.96. The molecule has 2 rings (SSSR count). The molecule has 0 unspecified atom stereocenters. The molecule has 0 fully saturated rings. The summed E-state index contributed by atoms with van der Waals surface area (Å²) in [4.78, 5) is 25.4. The van der Waals surface area contributed by atoms with Gasteiger partial charge in [0, 0.05) is 12.7 Å². The van der Waals surface area contributed by atoms with Crippen molar-refractivity contribution in [3.63, 3.8) is 0 Å². The predicted octanol–water partition coefficient (Wildman–Crippen LogP) is 2.39. The van der Waals surface area contributed by atoms with Gasteiger partial charge in [0.05, 0.1) is 17.6 Å². The Kier molecular flexibility index (Phi) is 4.45. The van der Waals surface area contributed by atoms with E-state index in [0.29, 0.717) is 17.8 Å². The lowest BCUT2D eigenvalue weighted by Gasteiger charge is -2.07. The zero-order chi connectivity index (χ0) is 15.2. The van der Waals surface area contributed by atoms with Crippen LogP contribution >= 0.6 is 0 Å². The van der Waals surface area contributed by atoms with Gasteiger partial charge in [0.25, 0.3) is 0 Å². The molecule has 21 heavy (non-hydrogen) atoms. The van der Waals surface area contributed by atoms with Gasteiger partial charge in [0.2, 0.25) is 0 Å². The topological polar surface area (TPSA) is 94.4 Å². The number of nitrogens with one attached hydrogen (secondary N) is 1.